The Balaban J connectivity index is 1.45. The van der Waals surface area contributed by atoms with Gasteiger partial charge in [-0.05, 0) is 127 Å². The summed E-state index contributed by atoms with van der Waals surface area (Å²) < 4.78 is 0. The van der Waals surface area contributed by atoms with Crippen molar-refractivity contribution in [1.82, 2.24) is 0 Å². The first-order valence-corrected chi connectivity index (χ1v) is 16.1. The Labute approximate surface area is 246 Å². The quantitative estimate of drug-likeness (QED) is 0.281. The summed E-state index contributed by atoms with van der Waals surface area (Å²) >= 11 is 0. The zero-order chi connectivity index (χ0) is 29.8. The van der Waals surface area contributed by atoms with Crippen molar-refractivity contribution in [3.05, 3.63) is 47.1 Å². The minimum atomic E-state index is -0.624. The van der Waals surface area contributed by atoms with Gasteiger partial charge in [0.2, 0.25) is 0 Å². The lowest BCUT2D eigenvalue weighted by Crippen LogP contribution is -2.65. The largest absolute Gasteiger partial charge is 0.508 e. The van der Waals surface area contributed by atoms with E-state index in [1.165, 1.54) is 5.57 Å². The summed E-state index contributed by atoms with van der Waals surface area (Å²) in [6.07, 6.45) is 12.0. The number of carbonyl (C=O) groups excluding carboxylic acids is 1. The molecule has 0 amide bonds. The topological polar surface area (TPSA) is 74.6 Å². The lowest BCUT2D eigenvalue weighted by Gasteiger charge is -2.70. The van der Waals surface area contributed by atoms with E-state index in [4.69, 9.17) is 0 Å². The van der Waals surface area contributed by atoms with E-state index in [2.05, 4.69) is 60.6 Å². The van der Waals surface area contributed by atoms with E-state index in [0.29, 0.717) is 23.7 Å². The summed E-state index contributed by atoms with van der Waals surface area (Å²) in [6.45, 7) is 16.5. The van der Waals surface area contributed by atoms with Crippen LogP contribution in [-0.4, -0.2) is 22.0 Å². The van der Waals surface area contributed by atoms with Gasteiger partial charge >= 0.3 is 5.97 Å². The van der Waals surface area contributed by atoms with Crippen LogP contribution in [0.5, 0.6) is 5.75 Å². The maximum atomic E-state index is 14.0. The van der Waals surface area contributed by atoms with E-state index in [1.54, 1.807) is 12.1 Å². The van der Waals surface area contributed by atoms with Gasteiger partial charge < -0.3 is 10.2 Å². The number of Topliss-reactive ketones (excluding diaryl/α,β-unsaturated/α-hetero) is 1. The molecule has 6 rings (SSSR count). The maximum absolute atomic E-state index is 14.0. The Bertz CT molecular complexity index is 1330. The van der Waals surface area contributed by atoms with Crippen LogP contribution < -0.4 is 0 Å². The lowest BCUT2D eigenvalue weighted by atomic mass is 9.33. The van der Waals surface area contributed by atoms with Gasteiger partial charge in [-0.25, -0.2) is 0 Å². The highest BCUT2D eigenvalue weighted by Gasteiger charge is 2.70. The number of hydrogen-bond donors (Lipinski definition) is 2. The number of phenols is 1. The number of hydrogen-bond acceptors (Lipinski definition) is 3. The Morgan fingerprint density at radius 3 is 2.27 bits per heavy atom. The summed E-state index contributed by atoms with van der Waals surface area (Å²) in [4.78, 5) is 27.0. The van der Waals surface area contributed by atoms with Crippen LogP contribution in [0.1, 0.15) is 105 Å². The number of aliphatic carboxylic acids is 1. The second-order valence-electron chi connectivity index (χ2n) is 16.1. The van der Waals surface area contributed by atoms with Gasteiger partial charge in [-0.15, -0.1) is 0 Å². The monoisotopic (exact) mass is 558 g/mol. The first-order chi connectivity index (χ1) is 19.1. The number of allylic oxidation sites excluding steroid dienone is 3. The van der Waals surface area contributed by atoms with Gasteiger partial charge in [0.25, 0.3) is 0 Å². The predicted molar refractivity (Wildman–Crippen MR) is 163 cm³/mol. The molecule has 4 nitrogen and oxygen atoms in total. The van der Waals surface area contributed by atoms with Crippen LogP contribution in [0.4, 0.5) is 0 Å². The molecule has 0 heterocycles. The average Bonchev–Trinajstić information content (AvgIpc) is 2.90. The van der Waals surface area contributed by atoms with Crippen LogP contribution in [-0.2, 0) is 9.59 Å². The molecule has 0 radical (unpaired) electrons. The molecular formula is C37H50O4. The highest BCUT2D eigenvalue weighted by Crippen LogP contribution is 2.75. The smallest absolute Gasteiger partial charge is 0.310 e. The van der Waals surface area contributed by atoms with Gasteiger partial charge in [0.05, 0.1) is 5.41 Å². The number of fused-ring (bicyclic) bond motifs is 7. The Morgan fingerprint density at radius 2 is 1.61 bits per heavy atom. The molecule has 0 aromatic heterocycles. The Kier molecular flexibility index (Phi) is 6.36. The molecular weight excluding hydrogens is 508 g/mol. The standard InChI is InChI=1S/C37H50O4/c1-22-14-17-37(32(40)41)19-18-35(6)27(30(37)23(22)2)12-13-29-34(5)21-25(20-24-8-10-26(38)11-9-24)31(39)33(3,4)28(34)15-16-36(29,35)7/h8-12,20,22-23,28-30,38H,13-19,21H2,1-7H3,(H,40,41)/b25-20+/t22-,23+,28+,29-,30+,34+,35-,36-,37+/m1/s1. The Morgan fingerprint density at radius 1 is 0.927 bits per heavy atom. The van der Waals surface area contributed by atoms with Crippen molar-refractivity contribution in [2.45, 2.75) is 99.8 Å². The molecule has 5 aliphatic carbocycles. The van der Waals surface area contributed by atoms with Gasteiger partial charge in [-0.3, -0.25) is 9.59 Å². The highest BCUT2D eigenvalue weighted by atomic mass is 16.4. The van der Waals surface area contributed by atoms with Crippen molar-refractivity contribution in [2.24, 2.45) is 56.7 Å². The summed E-state index contributed by atoms with van der Waals surface area (Å²) in [5.74, 6) is 1.67. The minimum absolute atomic E-state index is 0.0364. The van der Waals surface area contributed by atoms with Gasteiger partial charge in [-0.2, -0.15) is 0 Å². The highest BCUT2D eigenvalue weighted by molar-refractivity contribution is 6.04. The normalized spacial score (nSPS) is 46.0. The summed E-state index contributed by atoms with van der Waals surface area (Å²) in [5.41, 5.74) is 2.23. The fourth-order valence-corrected chi connectivity index (χ4v) is 11.6. The predicted octanol–water partition coefficient (Wildman–Crippen LogP) is 8.70. The summed E-state index contributed by atoms with van der Waals surface area (Å²) in [5, 5.41) is 20.5. The zero-order valence-electron chi connectivity index (χ0n) is 26.2. The number of aromatic hydroxyl groups is 1. The molecule has 0 spiro atoms. The molecule has 0 saturated heterocycles. The molecule has 4 saturated carbocycles. The second-order valence-corrected chi connectivity index (χ2v) is 16.1. The SMILES string of the molecule is C[C@H]1[C@H](C)CC[C@]2(C(=O)O)CC[C@]3(C)C(=CC[C@@H]4[C@@]5(C)C/C(=C\c6ccc(O)cc6)C(=O)C(C)(C)[C@@H]5CC[C@]43C)[C@H]12. The van der Waals surface area contributed by atoms with Gasteiger partial charge in [0.15, 0.2) is 5.78 Å². The van der Waals surface area contributed by atoms with Crippen molar-refractivity contribution >= 4 is 17.8 Å². The van der Waals surface area contributed by atoms with Gasteiger partial charge in [0.1, 0.15) is 5.75 Å². The number of ketones is 1. The van der Waals surface area contributed by atoms with Crippen molar-refractivity contribution in [3.8, 4) is 5.75 Å². The molecule has 222 valence electrons. The molecule has 1 aromatic rings. The van der Waals surface area contributed by atoms with E-state index in [0.717, 1.165) is 62.5 Å². The third kappa shape index (κ3) is 3.70. The molecule has 41 heavy (non-hydrogen) atoms. The van der Waals surface area contributed by atoms with Crippen LogP contribution in [0.3, 0.4) is 0 Å². The zero-order valence-corrected chi connectivity index (χ0v) is 26.2. The van der Waals surface area contributed by atoms with E-state index >= 15 is 0 Å². The minimum Gasteiger partial charge on any atom is -0.508 e. The summed E-state index contributed by atoms with van der Waals surface area (Å²) in [7, 11) is 0. The third-order valence-electron chi connectivity index (χ3n) is 14.2. The van der Waals surface area contributed by atoms with E-state index in [1.807, 2.05) is 12.1 Å². The van der Waals surface area contributed by atoms with Crippen molar-refractivity contribution < 1.29 is 19.8 Å². The molecule has 1 aromatic carbocycles. The molecule has 4 heteroatoms. The molecule has 0 bridgehead atoms. The van der Waals surface area contributed by atoms with Crippen LogP contribution >= 0.6 is 0 Å². The lowest BCUT2D eigenvalue weighted by molar-refractivity contribution is -0.185. The molecule has 0 aliphatic heterocycles. The Hall–Kier alpha value is -2.36. The number of carboxylic acids is 1. The van der Waals surface area contributed by atoms with E-state index < -0.39 is 16.8 Å². The fraction of sp³-hybridized carbons (Fsp3) is 0.676. The molecule has 2 N–H and O–H groups in total. The van der Waals surface area contributed by atoms with Gasteiger partial charge in [0, 0.05) is 5.41 Å². The average molecular weight is 559 g/mol. The summed E-state index contributed by atoms with van der Waals surface area (Å²) in [6, 6.07) is 7.16. The first-order valence-electron chi connectivity index (χ1n) is 16.1. The van der Waals surface area contributed by atoms with Crippen LogP contribution in [0.2, 0.25) is 0 Å². The number of carboxylic acid groups (broad SMARTS) is 1. The van der Waals surface area contributed by atoms with Crippen molar-refractivity contribution in [1.29, 1.82) is 0 Å². The van der Waals surface area contributed by atoms with E-state index in [9.17, 15) is 19.8 Å². The second kappa shape index (κ2) is 9.07. The van der Waals surface area contributed by atoms with Gasteiger partial charge in [-0.1, -0.05) is 72.2 Å². The number of carbonyl (C=O) groups is 2. The van der Waals surface area contributed by atoms with Crippen LogP contribution in [0.25, 0.3) is 6.08 Å². The van der Waals surface area contributed by atoms with Crippen LogP contribution in [0.15, 0.2) is 41.5 Å². The van der Waals surface area contributed by atoms with Crippen molar-refractivity contribution in [3.63, 3.8) is 0 Å². The maximum Gasteiger partial charge on any atom is 0.310 e. The number of rotatable bonds is 2. The number of phenolic OH excluding ortho intramolecular Hbond substituents is 1. The first kappa shape index (κ1) is 28.7. The van der Waals surface area contributed by atoms with Crippen LogP contribution in [0, 0.1) is 56.7 Å². The molecule has 9 atom stereocenters. The fourth-order valence-electron chi connectivity index (χ4n) is 11.6. The number of benzene rings is 1. The third-order valence-corrected chi connectivity index (χ3v) is 14.2. The molecule has 0 unspecified atom stereocenters. The van der Waals surface area contributed by atoms with Crippen molar-refractivity contribution in [2.75, 3.05) is 0 Å². The molecule has 5 aliphatic rings. The molecule has 4 fully saturated rings. The van der Waals surface area contributed by atoms with E-state index in [-0.39, 0.29) is 33.7 Å².